The van der Waals surface area contributed by atoms with Gasteiger partial charge in [-0.15, -0.1) is 0 Å². The molecule has 0 aliphatic carbocycles. The monoisotopic (exact) mass is 694 g/mol. The molecule has 2 heterocycles. The maximum atomic E-state index is 5.58. The number of fused-ring (bicyclic) bond motifs is 2. The van der Waals surface area contributed by atoms with Crippen molar-refractivity contribution in [1.29, 1.82) is 0 Å². The highest BCUT2D eigenvalue weighted by Gasteiger charge is 2.20. The second-order valence-electron chi connectivity index (χ2n) is 12.4. The van der Waals surface area contributed by atoms with Gasteiger partial charge in [-0.1, -0.05) is 48.5 Å². The summed E-state index contributed by atoms with van der Waals surface area (Å²) in [5.74, 6) is 3.72. The maximum Gasteiger partial charge on any atom is 0.203 e. The van der Waals surface area contributed by atoms with Crippen LogP contribution in [0.1, 0.15) is 11.1 Å². The predicted octanol–water partition coefficient (Wildman–Crippen LogP) is 8.05. The van der Waals surface area contributed by atoms with Gasteiger partial charge in [0.1, 0.15) is 0 Å². The highest BCUT2D eigenvalue weighted by molar-refractivity contribution is 6.21. The molecule has 2 aromatic heterocycles. The number of nitrogens with zero attached hydrogens (tertiary/aromatic N) is 2. The molecule has 0 amide bonds. The van der Waals surface area contributed by atoms with Gasteiger partial charge in [0.15, 0.2) is 60.9 Å². The van der Waals surface area contributed by atoms with E-state index in [-0.39, 0.29) is 0 Å². The zero-order valence-electron chi connectivity index (χ0n) is 30.3. The topological polar surface area (TPSA) is 63.1 Å². The van der Waals surface area contributed by atoms with Crippen molar-refractivity contribution in [2.24, 2.45) is 0 Å². The molecule has 0 aliphatic heterocycles. The molecule has 0 saturated carbocycles. The molecule has 8 nitrogen and oxygen atoms in total. The summed E-state index contributed by atoms with van der Waals surface area (Å²) in [7, 11) is 9.77. The fourth-order valence-electron chi connectivity index (χ4n) is 7.08. The van der Waals surface area contributed by atoms with Crippen LogP contribution < -0.4 is 37.6 Å². The number of methoxy groups -OCH3 is 6. The second-order valence-corrected chi connectivity index (χ2v) is 12.4. The first kappa shape index (κ1) is 34.2. The SMILES string of the molecule is COc1cc(C[n+]2ccc(-c3c4ccccc4c(-c4cc[n+](Cc5cc(OC)c(OC)c(OC)c5)cc4)c4ccccc34)cc2)cc(OC)c1OC. The Morgan fingerprint density at radius 2 is 0.673 bits per heavy atom. The van der Waals surface area contributed by atoms with Gasteiger partial charge >= 0.3 is 0 Å². The quantitative estimate of drug-likeness (QED) is 0.0953. The first-order valence-corrected chi connectivity index (χ1v) is 17.0. The lowest BCUT2D eigenvalue weighted by Crippen LogP contribution is -2.33. The van der Waals surface area contributed by atoms with E-state index in [1.165, 1.54) is 32.7 Å². The molecule has 0 aliphatic rings. The third-order valence-electron chi connectivity index (χ3n) is 9.47. The molecule has 7 rings (SSSR count). The van der Waals surface area contributed by atoms with Crippen LogP contribution in [0.4, 0.5) is 0 Å². The summed E-state index contributed by atoms with van der Waals surface area (Å²) in [6.07, 6.45) is 8.50. The summed E-state index contributed by atoms with van der Waals surface area (Å²) in [6.45, 7) is 1.29. The Morgan fingerprint density at radius 1 is 0.385 bits per heavy atom. The van der Waals surface area contributed by atoms with Crippen LogP contribution >= 0.6 is 0 Å². The largest absolute Gasteiger partial charge is 0.493 e. The van der Waals surface area contributed by atoms with Gasteiger partial charge in [-0.3, -0.25) is 0 Å². The van der Waals surface area contributed by atoms with E-state index >= 15 is 0 Å². The average Bonchev–Trinajstić information content (AvgIpc) is 3.19. The number of aromatic nitrogens is 2. The molecule has 0 bridgehead atoms. The van der Waals surface area contributed by atoms with Crippen LogP contribution in [0.15, 0.2) is 122 Å². The fraction of sp³-hybridized carbons (Fsp3) is 0.182. The van der Waals surface area contributed by atoms with E-state index in [1.54, 1.807) is 42.7 Å². The van der Waals surface area contributed by atoms with Gasteiger partial charge in [0.25, 0.3) is 0 Å². The lowest BCUT2D eigenvalue weighted by Gasteiger charge is -2.17. The van der Waals surface area contributed by atoms with E-state index in [1.807, 2.05) is 24.3 Å². The van der Waals surface area contributed by atoms with Crippen LogP contribution in [0, 0.1) is 0 Å². The molecule has 0 unspecified atom stereocenters. The Balaban J connectivity index is 1.25. The summed E-state index contributed by atoms with van der Waals surface area (Å²) in [5, 5.41) is 4.81. The van der Waals surface area contributed by atoms with Gasteiger partial charge in [-0.05, 0) is 68.1 Å². The van der Waals surface area contributed by atoms with Crippen molar-refractivity contribution >= 4 is 21.5 Å². The lowest BCUT2D eigenvalue weighted by molar-refractivity contribution is -0.688. The molecular weight excluding hydrogens is 652 g/mol. The van der Waals surface area contributed by atoms with Crippen molar-refractivity contribution in [2.75, 3.05) is 42.7 Å². The smallest absolute Gasteiger partial charge is 0.203 e. The van der Waals surface area contributed by atoms with Crippen LogP contribution in [0.5, 0.6) is 34.5 Å². The lowest BCUT2D eigenvalue weighted by atomic mass is 9.86. The van der Waals surface area contributed by atoms with E-state index in [4.69, 9.17) is 28.4 Å². The minimum Gasteiger partial charge on any atom is -0.493 e. The Kier molecular flexibility index (Phi) is 9.80. The van der Waals surface area contributed by atoms with Crippen molar-refractivity contribution in [3.05, 3.63) is 133 Å². The average molecular weight is 695 g/mol. The van der Waals surface area contributed by atoms with Gasteiger partial charge < -0.3 is 28.4 Å². The Labute approximate surface area is 303 Å². The molecular formula is C44H42N2O6+2. The van der Waals surface area contributed by atoms with E-state index in [2.05, 4.69) is 107 Å². The third kappa shape index (κ3) is 6.39. The summed E-state index contributed by atoms with van der Waals surface area (Å²) in [4.78, 5) is 0. The molecule has 5 aromatic carbocycles. The molecule has 0 spiro atoms. The summed E-state index contributed by atoms with van der Waals surface area (Å²) < 4.78 is 37.7. The molecule has 0 radical (unpaired) electrons. The van der Waals surface area contributed by atoms with Crippen LogP contribution in [-0.2, 0) is 13.1 Å². The van der Waals surface area contributed by atoms with E-state index in [0.29, 0.717) is 47.6 Å². The van der Waals surface area contributed by atoms with Gasteiger partial charge in [-0.25, -0.2) is 9.13 Å². The number of rotatable bonds is 12. The van der Waals surface area contributed by atoms with Crippen molar-refractivity contribution in [2.45, 2.75) is 13.1 Å². The number of ether oxygens (including phenoxy) is 6. The Hall–Kier alpha value is -6.28. The van der Waals surface area contributed by atoms with Crippen molar-refractivity contribution in [1.82, 2.24) is 0 Å². The predicted molar refractivity (Wildman–Crippen MR) is 203 cm³/mol. The zero-order chi connectivity index (χ0) is 36.2. The number of hydrogen-bond acceptors (Lipinski definition) is 6. The van der Waals surface area contributed by atoms with Gasteiger partial charge in [0.05, 0.1) is 42.7 Å². The molecule has 0 fully saturated rings. The van der Waals surface area contributed by atoms with E-state index < -0.39 is 0 Å². The first-order valence-electron chi connectivity index (χ1n) is 17.0. The van der Waals surface area contributed by atoms with Gasteiger partial charge in [0.2, 0.25) is 11.5 Å². The minimum absolute atomic E-state index is 0.585. The van der Waals surface area contributed by atoms with Gasteiger partial charge in [0, 0.05) is 35.4 Å². The van der Waals surface area contributed by atoms with E-state index in [0.717, 1.165) is 22.3 Å². The fourth-order valence-corrected chi connectivity index (χ4v) is 7.08. The van der Waals surface area contributed by atoms with E-state index in [9.17, 15) is 0 Å². The van der Waals surface area contributed by atoms with Crippen molar-refractivity contribution in [3.63, 3.8) is 0 Å². The summed E-state index contributed by atoms with van der Waals surface area (Å²) in [5.41, 5.74) is 6.81. The van der Waals surface area contributed by atoms with Crippen LogP contribution in [0.25, 0.3) is 43.8 Å². The summed E-state index contributed by atoms with van der Waals surface area (Å²) in [6, 6.07) is 34.1. The number of hydrogen-bond donors (Lipinski definition) is 0. The van der Waals surface area contributed by atoms with Crippen LogP contribution in [-0.4, -0.2) is 42.7 Å². The number of pyridine rings is 2. The van der Waals surface area contributed by atoms with Crippen molar-refractivity contribution < 1.29 is 37.6 Å². The molecule has 7 aromatic rings. The normalized spacial score (nSPS) is 11.0. The number of benzene rings is 5. The molecule has 0 atom stereocenters. The molecule has 0 saturated heterocycles. The molecule has 262 valence electrons. The zero-order valence-corrected chi connectivity index (χ0v) is 30.3. The Morgan fingerprint density at radius 3 is 0.923 bits per heavy atom. The maximum absolute atomic E-state index is 5.58. The third-order valence-corrected chi connectivity index (χ3v) is 9.47. The molecule has 0 N–H and O–H groups in total. The molecule has 8 heteroatoms. The highest BCUT2D eigenvalue weighted by Crippen LogP contribution is 2.43. The minimum atomic E-state index is 0.585. The van der Waals surface area contributed by atoms with Gasteiger partial charge in [-0.2, -0.15) is 0 Å². The second kappa shape index (κ2) is 14.9. The first-order chi connectivity index (χ1) is 25.5. The molecule has 52 heavy (non-hydrogen) atoms. The van der Waals surface area contributed by atoms with Crippen LogP contribution in [0.3, 0.4) is 0 Å². The highest BCUT2D eigenvalue weighted by atomic mass is 16.5. The summed E-state index contributed by atoms with van der Waals surface area (Å²) >= 11 is 0. The standard InChI is InChI=1S/C44H42N2O6/c1-47-37-23-29(24-38(48-2)43(37)51-5)27-45-19-15-31(16-20-45)41-33-11-7-9-13-35(33)42(36-14-10-8-12-34(36)41)32-17-21-46(22-18-32)28-30-25-39(49-3)44(52-6)40(26-30)50-4/h7-26H,27-28H2,1-6H3/q+2. The van der Waals surface area contributed by atoms with Crippen LogP contribution in [0.2, 0.25) is 0 Å². The Bertz CT molecular complexity index is 2100. The van der Waals surface area contributed by atoms with Crippen molar-refractivity contribution in [3.8, 4) is 56.8 Å².